The van der Waals surface area contributed by atoms with Crippen molar-refractivity contribution < 1.29 is 99.7 Å². The molecule has 136 heavy (non-hydrogen) atoms. The van der Waals surface area contributed by atoms with Crippen LogP contribution in [0.2, 0.25) is 0 Å². The molecule has 0 aliphatic heterocycles. The first-order valence-electron chi connectivity index (χ1n) is 53.1. The second-order valence-electron chi connectivity index (χ2n) is 37.8. The molecule has 1 heterocycles. The fourth-order valence-electron chi connectivity index (χ4n) is 18.3. The molecule has 0 atom stereocenters. The minimum absolute atomic E-state index is 0. The predicted molar refractivity (Wildman–Crippen MR) is 608 cm³/mol. The van der Waals surface area contributed by atoms with Crippen LogP contribution in [0.4, 0.5) is 0 Å². The number of thiol groups is 1. The minimum atomic E-state index is 0. The number of hydrogen-bond donors (Lipinski definition) is 6. The van der Waals surface area contributed by atoms with Gasteiger partial charge in [-0.15, -0.1) is 0 Å². The van der Waals surface area contributed by atoms with Gasteiger partial charge < -0.3 is 102 Å². The van der Waals surface area contributed by atoms with E-state index in [1.165, 1.54) is 499 Å². The quantitative estimate of drug-likeness (QED) is 0.00533. The molecule has 0 saturated heterocycles. The van der Waals surface area contributed by atoms with Crippen LogP contribution in [0.5, 0.6) is 0 Å². The Kier molecular flexibility index (Phi) is 173. The van der Waals surface area contributed by atoms with Crippen molar-refractivity contribution in [2.75, 3.05) is 62.3 Å². The first-order valence-corrected chi connectivity index (χ1v) is 58.6. The minimum Gasteiger partial charge on any atom is -0.358 e. The zero-order valence-corrected chi connectivity index (χ0v) is 101. The molecule has 1 aromatic rings. The summed E-state index contributed by atoms with van der Waals surface area (Å²) in [7, 11) is 7.88. The fraction of sp³-hybridized carbons (Fsp3) is 0.842. The van der Waals surface area contributed by atoms with Crippen molar-refractivity contribution in [2.45, 2.75) is 525 Å². The van der Waals surface area contributed by atoms with Crippen molar-refractivity contribution in [3.05, 3.63) is 109 Å². The van der Waals surface area contributed by atoms with E-state index in [1.54, 1.807) is 10.8 Å². The van der Waals surface area contributed by atoms with Crippen LogP contribution < -0.4 is 27.4 Å². The van der Waals surface area contributed by atoms with Gasteiger partial charge in [-0.1, -0.05) is 442 Å². The van der Waals surface area contributed by atoms with Gasteiger partial charge in [0.2, 0.25) is 17.7 Å². The molecule has 3 amide bonds. The number of pyridine rings is 1. The number of nitrogens with one attached hydrogen (secondary N) is 3. The van der Waals surface area contributed by atoms with Crippen molar-refractivity contribution in [3.8, 4) is 0 Å². The Hall–Kier alpha value is 1.14. The van der Waals surface area contributed by atoms with E-state index < -0.39 is 0 Å². The number of azide groups is 1. The van der Waals surface area contributed by atoms with Crippen molar-refractivity contribution in [1.82, 2.24) is 20.9 Å². The second kappa shape index (κ2) is 140. The number of nitrogens with two attached hydrogens (primary N) is 2. The predicted octanol–water partition coefficient (Wildman–Crippen LogP) is 37.9. The van der Waals surface area contributed by atoms with Crippen LogP contribution in [0, 0.1) is 104 Å². The molecule has 1 aromatic heterocycles. The Morgan fingerprint density at radius 1 is 0.316 bits per heavy atom. The molecule has 0 spiro atoms. The number of hydrogen-bond acceptors (Lipinski definition) is 12. The summed E-state index contributed by atoms with van der Waals surface area (Å²) < 4.78 is 0. The molecular formula is C114H229Fe5N9O3S5. The Morgan fingerprint density at radius 3 is 0.772 bits per heavy atom. The van der Waals surface area contributed by atoms with E-state index in [0.29, 0.717) is 5.92 Å². The van der Waals surface area contributed by atoms with Crippen molar-refractivity contribution in [3.63, 3.8) is 0 Å². The zero-order valence-electron chi connectivity index (χ0n) is 91.1. The molecule has 11 rings (SSSR count). The molecule has 0 unspecified atom stereocenters. The molecule has 10 aliphatic carbocycles. The zero-order chi connectivity index (χ0) is 86.4. The third-order valence-electron chi connectivity index (χ3n) is 26.5. The maximum absolute atomic E-state index is 11.9. The molecule has 10 saturated carbocycles. The van der Waals surface area contributed by atoms with Gasteiger partial charge in [-0.05, 0) is 180 Å². The molecule has 0 bridgehead atoms. The Bertz CT molecular complexity index is 2240. The Labute approximate surface area is 928 Å². The molecule has 0 aromatic carbocycles. The van der Waals surface area contributed by atoms with Gasteiger partial charge in [0.05, 0.1) is 0 Å². The van der Waals surface area contributed by atoms with E-state index in [4.69, 9.17) is 17.0 Å². The maximum atomic E-state index is 11.9. The molecule has 7 N–H and O–H groups in total. The molecular weight excluding hydrogens is 1980 g/mol. The van der Waals surface area contributed by atoms with Crippen LogP contribution in [-0.4, -0.2) is 85.0 Å². The van der Waals surface area contributed by atoms with Gasteiger partial charge in [0.15, 0.2) is 0 Å². The molecule has 12 nitrogen and oxygen atoms in total. The van der Waals surface area contributed by atoms with E-state index in [-0.39, 0.29) is 177 Å². The summed E-state index contributed by atoms with van der Waals surface area (Å²) in [4.78, 5) is 42.5. The van der Waals surface area contributed by atoms with Gasteiger partial charge in [0.25, 0.3) is 0 Å². The van der Waals surface area contributed by atoms with Crippen molar-refractivity contribution in [2.24, 2.45) is 46.2 Å². The summed E-state index contributed by atoms with van der Waals surface area (Å²) in [5, 5.41) is 14.0. The van der Waals surface area contributed by atoms with Gasteiger partial charge >= 0.3 is 85.3 Å². The summed E-state index contributed by atoms with van der Waals surface area (Å²) in [5.74, 6) is 9.54. The number of aromatic nitrogens is 1. The molecule has 10 aliphatic rings. The van der Waals surface area contributed by atoms with Crippen molar-refractivity contribution >= 4 is 73.5 Å². The standard InChI is InChI=1S/C28H56N2OS2.C22H36N2OS2.C17H33NOS.C6H11N3.C6H13N.5C5H10.10CH3.5Fe/c29-23-17-11-7-3-1-4-8-12-18-24-32-33-25-19-13-9-5-2-6-10-14-22-28(31)30-26-27-20-15-16-21-27;25-21(24-19-20-13-8-9-14-20)15-7-5-3-1-2-4-6-12-18-26-27-22-16-10-11-17-23-22;19-17(18-15-16-11-8-9-12-16)13-7-5-3-1-2-4-6-10-14-20;7-9-8-5-6-3-1-2-4-6;7-5-6-3-1-2-4-6;5*1-2-4-5-3-1;;;;;;;;;;;;;;;/h27H,1-26,29H2,(H,30,31);10-11,16-17,20H,1-9,12-15,18-19H2,(H,24,25);16,20H,1-15H2,(H,18,19);6H,1-5H2;6H,1-5,7H2;5*1-5H2;10*1H3;;;;;/q;;;;;;;;;;10*-1;5*+2. The summed E-state index contributed by atoms with van der Waals surface area (Å²) in [6.07, 6.45) is 112. The topological polar surface area (TPSA) is 201 Å². The van der Waals surface area contributed by atoms with E-state index >= 15 is 0 Å². The summed E-state index contributed by atoms with van der Waals surface area (Å²) in [5.41, 5.74) is 18.9. The number of unbranched alkanes of at least 4 members (excludes halogenated alkanes) is 29. The van der Waals surface area contributed by atoms with E-state index in [9.17, 15) is 14.4 Å². The second-order valence-corrected chi connectivity index (χ2v) is 43.4. The number of amides is 3. The van der Waals surface area contributed by atoms with Crippen LogP contribution in [-0.2, 0) is 99.7 Å². The van der Waals surface area contributed by atoms with Crippen molar-refractivity contribution in [1.29, 1.82) is 0 Å². The van der Waals surface area contributed by atoms with E-state index in [2.05, 4.69) is 71.2 Å². The summed E-state index contributed by atoms with van der Waals surface area (Å²) >= 11 is 4.22. The van der Waals surface area contributed by atoms with Gasteiger partial charge in [-0.3, -0.25) is 14.4 Å². The third-order valence-corrected chi connectivity index (χ3v) is 31.7. The smallest absolute Gasteiger partial charge is 0.358 e. The first kappa shape index (κ1) is 168. The van der Waals surface area contributed by atoms with Gasteiger partial charge in [-0.2, -0.15) is 12.6 Å². The van der Waals surface area contributed by atoms with Crippen LogP contribution in [0.1, 0.15) is 520 Å². The van der Waals surface area contributed by atoms with Gasteiger partial charge in [0, 0.05) is 73.8 Å². The number of nitrogens with zero attached hydrogens (tertiary/aromatic N) is 4. The van der Waals surface area contributed by atoms with E-state index in [0.717, 1.165) is 112 Å². The van der Waals surface area contributed by atoms with Gasteiger partial charge in [-0.25, -0.2) is 4.98 Å². The normalized spacial score (nSPS) is 15.6. The Morgan fingerprint density at radius 2 is 0.544 bits per heavy atom. The molecule has 0 radical (unpaired) electrons. The number of carbonyl (C=O) groups is 3. The molecule has 818 valence electrons. The number of rotatable bonds is 55. The summed E-state index contributed by atoms with van der Waals surface area (Å²) in [6, 6.07) is 6.07. The SMILES string of the molecule is C1CCCC1.C1CCCC1.C1CCCC1.C1CCCC1.C1CCCC1.NCC1CCCC1.NCCCCCCCCCCCSSCCCCCCCCCCC(=O)NCC1CCCC1.O=C(CCCCCCCCCCS)NCC1CCCC1.O=C(CCCCCCCCCCSSc1ccccn1)NCC1CCCC1.[CH3-].[CH3-].[CH3-].[CH3-].[CH3-].[CH3-].[CH3-].[CH3-].[CH3-].[CH3-].[Fe+2].[Fe+2].[Fe+2].[Fe+2].[Fe+2].[N-]=[N+]=NCC1CCCC1. The summed E-state index contributed by atoms with van der Waals surface area (Å²) in [6.45, 7) is 5.25. The average Bonchev–Trinajstić information content (AvgIpc) is 1.81. The molecule has 22 heteroatoms. The number of carbonyl (C=O) groups excluding carboxylic acids is 3. The monoisotopic (exact) mass is 2210 g/mol. The third kappa shape index (κ3) is 124. The Balaban J connectivity index is -0.000000108. The van der Waals surface area contributed by atoms with Crippen LogP contribution in [0.15, 0.2) is 34.5 Å². The maximum Gasteiger partial charge on any atom is 2.00 e. The van der Waals surface area contributed by atoms with Crippen LogP contribution in [0.25, 0.3) is 10.4 Å². The first-order chi connectivity index (χ1) is 59.9. The fourth-order valence-corrected chi connectivity index (χ4v) is 22.9. The van der Waals surface area contributed by atoms with E-state index in [1.807, 2.05) is 29.1 Å². The van der Waals surface area contributed by atoms with Crippen LogP contribution in [0.3, 0.4) is 0 Å². The average molecular weight is 2210 g/mol. The molecule has 10 fully saturated rings. The largest absolute Gasteiger partial charge is 2.00 e. The van der Waals surface area contributed by atoms with Crippen LogP contribution >= 0.6 is 55.8 Å². The van der Waals surface area contributed by atoms with Gasteiger partial charge in [0.1, 0.15) is 5.03 Å².